The Hall–Kier alpha value is -3.28. The molecule has 0 heterocycles. The molecule has 0 spiro atoms. The molecule has 6 nitrogen and oxygen atoms in total. The lowest BCUT2D eigenvalue weighted by molar-refractivity contribution is -0.138. The van der Waals surface area contributed by atoms with Crippen LogP contribution in [0.2, 0.25) is 0 Å². The second-order valence-corrected chi connectivity index (χ2v) is 10.7. The quantitative estimate of drug-likeness (QED) is 0.124. The molecule has 1 saturated carbocycles. The predicted molar refractivity (Wildman–Crippen MR) is 155 cm³/mol. The third-order valence-corrected chi connectivity index (χ3v) is 7.39. The van der Waals surface area contributed by atoms with Crippen LogP contribution in [0.4, 0.5) is 11.4 Å². The van der Waals surface area contributed by atoms with Gasteiger partial charge in [-0.2, -0.15) is 0 Å². The van der Waals surface area contributed by atoms with Gasteiger partial charge in [0.15, 0.2) is 0 Å². The highest BCUT2D eigenvalue weighted by atomic mass is 16.5. The number of carbonyl (C=O) groups excluding carboxylic acids is 2. The molecule has 38 heavy (non-hydrogen) atoms. The molecule has 2 aromatic rings. The van der Waals surface area contributed by atoms with Gasteiger partial charge in [-0.15, -0.1) is 0 Å². The SMILES string of the molecule is CCCCCCCC1CCC(OC(=O)c2ccc(/C=C/C(=O)OCC(C)c3cc(N)cc(N)c3)cc2)CC1. The zero-order valence-electron chi connectivity index (χ0n) is 23.0. The summed E-state index contributed by atoms with van der Waals surface area (Å²) < 4.78 is 11.1. The standard InChI is InChI=1S/C32H44N2O4/c1-3-4-5-6-7-8-24-11-16-30(17-12-24)38-32(36)26-14-9-25(10-15-26)13-18-31(35)37-22-23(2)27-19-28(33)21-29(34)20-27/h9-10,13-15,18-21,23-24,30H,3-8,11-12,16-17,22,33-34H2,1-2H3/b18-13+. The van der Waals surface area contributed by atoms with E-state index in [1.165, 1.54) is 44.6 Å². The van der Waals surface area contributed by atoms with E-state index in [-0.39, 0.29) is 24.6 Å². The minimum absolute atomic E-state index is 0.0133. The molecule has 1 atom stereocenters. The van der Waals surface area contributed by atoms with Crippen molar-refractivity contribution < 1.29 is 19.1 Å². The van der Waals surface area contributed by atoms with E-state index < -0.39 is 5.97 Å². The highest BCUT2D eigenvalue weighted by Gasteiger charge is 2.24. The van der Waals surface area contributed by atoms with Crippen LogP contribution in [0.1, 0.15) is 105 Å². The van der Waals surface area contributed by atoms with E-state index in [9.17, 15) is 9.59 Å². The lowest BCUT2D eigenvalue weighted by Gasteiger charge is -2.28. The summed E-state index contributed by atoms with van der Waals surface area (Å²) in [6.07, 6.45) is 15.2. The largest absolute Gasteiger partial charge is 0.462 e. The van der Waals surface area contributed by atoms with E-state index in [1.807, 2.05) is 19.1 Å². The molecule has 4 N–H and O–H groups in total. The van der Waals surface area contributed by atoms with Gasteiger partial charge in [0.2, 0.25) is 0 Å². The summed E-state index contributed by atoms with van der Waals surface area (Å²) in [6, 6.07) is 12.4. The smallest absolute Gasteiger partial charge is 0.338 e. The molecule has 1 unspecified atom stereocenters. The zero-order chi connectivity index (χ0) is 27.3. The van der Waals surface area contributed by atoms with Gasteiger partial charge in [-0.25, -0.2) is 9.59 Å². The fourth-order valence-corrected chi connectivity index (χ4v) is 5.03. The van der Waals surface area contributed by atoms with Crippen LogP contribution in [0.15, 0.2) is 48.5 Å². The number of esters is 2. The first kappa shape index (κ1) is 29.3. The molecule has 2 aromatic carbocycles. The third-order valence-electron chi connectivity index (χ3n) is 7.39. The van der Waals surface area contributed by atoms with Crippen LogP contribution in [0.3, 0.4) is 0 Å². The molecule has 1 aliphatic carbocycles. The molecular weight excluding hydrogens is 476 g/mol. The number of rotatable bonds is 13. The molecule has 0 radical (unpaired) electrons. The topological polar surface area (TPSA) is 105 Å². The van der Waals surface area contributed by atoms with Crippen LogP contribution in [-0.4, -0.2) is 24.6 Å². The number of hydrogen-bond acceptors (Lipinski definition) is 6. The maximum absolute atomic E-state index is 12.6. The lowest BCUT2D eigenvalue weighted by atomic mass is 9.84. The Morgan fingerprint density at radius 1 is 0.947 bits per heavy atom. The molecule has 0 aliphatic heterocycles. The number of nitrogens with two attached hydrogens (primary N) is 2. The Bertz CT molecular complexity index is 1040. The van der Waals surface area contributed by atoms with E-state index in [0.717, 1.165) is 42.7 Å². The average Bonchev–Trinajstić information content (AvgIpc) is 2.91. The van der Waals surface area contributed by atoms with Crippen molar-refractivity contribution in [1.82, 2.24) is 0 Å². The predicted octanol–water partition coefficient (Wildman–Crippen LogP) is 7.29. The van der Waals surface area contributed by atoms with Crippen LogP contribution in [0, 0.1) is 5.92 Å². The fourth-order valence-electron chi connectivity index (χ4n) is 5.03. The summed E-state index contributed by atoms with van der Waals surface area (Å²) in [6.45, 7) is 4.42. The molecule has 0 amide bonds. The van der Waals surface area contributed by atoms with Crippen molar-refractivity contribution in [3.05, 3.63) is 65.2 Å². The Morgan fingerprint density at radius 3 is 2.26 bits per heavy atom. The van der Waals surface area contributed by atoms with Gasteiger partial charge in [0.1, 0.15) is 6.10 Å². The number of benzene rings is 2. The Morgan fingerprint density at radius 2 is 1.61 bits per heavy atom. The maximum atomic E-state index is 12.6. The second kappa shape index (κ2) is 15.2. The van der Waals surface area contributed by atoms with E-state index >= 15 is 0 Å². The van der Waals surface area contributed by atoms with Gasteiger partial charge in [-0.3, -0.25) is 0 Å². The monoisotopic (exact) mass is 520 g/mol. The van der Waals surface area contributed by atoms with Crippen LogP contribution in [0.5, 0.6) is 0 Å². The molecule has 1 fully saturated rings. The molecule has 3 rings (SSSR count). The molecule has 206 valence electrons. The maximum Gasteiger partial charge on any atom is 0.338 e. The summed E-state index contributed by atoms with van der Waals surface area (Å²) in [5, 5.41) is 0. The van der Waals surface area contributed by atoms with Gasteiger partial charge in [0, 0.05) is 23.4 Å². The normalized spacial score (nSPS) is 18.3. The Labute approximate surface area is 227 Å². The van der Waals surface area contributed by atoms with Crippen LogP contribution < -0.4 is 11.5 Å². The van der Waals surface area contributed by atoms with Gasteiger partial charge in [-0.05, 0) is 79.1 Å². The summed E-state index contributed by atoms with van der Waals surface area (Å²) >= 11 is 0. The lowest BCUT2D eigenvalue weighted by Crippen LogP contribution is -2.24. The van der Waals surface area contributed by atoms with E-state index in [1.54, 1.807) is 36.4 Å². The van der Waals surface area contributed by atoms with E-state index in [4.69, 9.17) is 20.9 Å². The van der Waals surface area contributed by atoms with E-state index in [2.05, 4.69) is 6.92 Å². The van der Waals surface area contributed by atoms with Gasteiger partial charge in [0.25, 0.3) is 0 Å². The summed E-state index contributed by atoms with van der Waals surface area (Å²) in [7, 11) is 0. The number of carbonyl (C=O) groups is 2. The average molecular weight is 521 g/mol. The first-order chi connectivity index (χ1) is 18.3. The van der Waals surface area contributed by atoms with Crippen LogP contribution in [-0.2, 0) is 14.3 Å². The van der Waals surface area contributed by atoms with Crippen molar-refractivity contribution in [3.8, 4) is 0 Å². The van der Waals surface area contributed by atoms with Crippen molar-refractivity contribution in [2.45, 2.75) is 90.1 Å². The second-order valence-electron chi connectivity index (χ2n) is 10.7. The summed E-state index contributed by atoms with van der Waals surface area (Å²) in [5.74, 6) is 0.0328. The minimum atomic E-state index is -0.436. The summed E-state index contributed by atoms with van der Waals surface area (Å²) in [5.41, 5.74) is 15.1. The molecular formula is C32H44N2O4. The van der Waals surface area contributed by atoms with Crippen molar-refractivity contribution >= 4 is 29.4 Å². The molecule has 0 bridgehead atoms. The van der Waals surface area contributed by atoms with E-state index in [0.29, 0.717) is 16.9 Å². The highest BCUT2D eigenvalue weighted by molar-refractivity contribution is 5.90. The number of unbranched alkanes of at least 4 members (excludes halogenated alkanes) is 4. The van der Waals surface area contributed by atoms with Crippen molar-refractivity contribution in [3.63, 3.8) is 0 Å². The molecule has 1 aliphatic rings. The minimum Gasteiger partial charge on any atom is -0.462 e. The van der Waals surface area contributed by atoms with Crippen molar-refractivity contribution in [2.24, 2.45) is 5.92 Å². The first-order valence-corrected chi connectivity index (χ1v) is 14.2. The Kier molecular flexibility index (Phi) is 11.7. The van der Waals surface area contributed by atoms with Crippen molar-refractivity contribution in [1.29, 1.82) is 0 Å². The third kappa shape index (κ3) is 9.88. The van der Waals surface area contributed by atoms with Gasteiger partial charge in [-0.1, -0.05) is 64.5 Å². The molecule has 6 heteroatoms. The molecule has 0 aromatic heterocycles. The van der Waals surface area contributed by atoms with Gasteiger partial charge in [0.05, 0.1) is 12.2 Å². The number of anilines is 2. The van der Waals surface area contributed by atoms with Crippen molar-refractivity contribution in [2.75, 3.05) is 18.1 Å². The number of nitrogen functional groups attached to an aromatic ring is 2. The number of hydrogen-bond donors (Lipinski definition) is 2. The van der Waals surface area contributed by atoms with Gasteiger partial charge < -0.3 is 20.9 Å². The Balaban J connectivity index is 1.38. The molecule has 0 saturated heterocycles. The fraction of sp³-hybridized carbons (Fsp3) is 0.500. The highest BCUT2D eigenvalue weighted by Crippen LogP contribution is 2.30. The zero-order valence-corrected chi connectivity index (χ0v) is 23.0. The van der Waals surface area contributed by atoms with Crippen LogP contribution in [0.25, 0.3) is 6.08 Å². The van der Waals surface area contributed by atoms with Crippen LogP contribution >= 0.6 is 0 Å². The first-order valence-electron chi connectivity index (χ1n) is 14.2. The summed E-state index contributed by atoms with van der Waals surface area (Å²) in [4.78, 5) is 24.8. The van der Waals surface area contributed by atoms with Gasteiger partial charge >= 0.3 is 11.9 Å². The number of ether oxygens (including phenoxy) is 2.